The largest absolute Gasteiger partial charge is 0.379 e. The standard InChI is InChI=1S/C12H9Br2ClN2OS/c13-8-4-7(19-11(8)14)5-17-10-3-6(12(16)18)1-2-9(10)15/h1-4,17H,5H2,(H2,16,18). The Balaban J connectivity index is 2.14. The van der Waals surface area contributed by atoms with Crippen LogP contribution in [-0.4, -0.2) is 5.91 Å². The van der Waals surface area contributed by atoms with Crippen molar-refractivity contribution < 1.29 is 4.79 Å². The van der Waals surface area contributed by atoms with Crippen LogP contribution in [0.1, 0.15) is 15.2 Å². The van der Waals surface area contributed by atoms with E-state index in [1.807, 2.05) is 6.07 Å². The summed E-state index contributed by atoms with van der Waals surface area (Å²) in [5, 5.41) is 3.75. The molecule has 0 fully saturated rings. The molecule has 19 heavy (non-hydrogen) atoms. The first-order valence-electron chi connectivity index (χ1n) is 5.24. The van der Waals surface area contributed by atoms with E-state index in [-0.39, 0.29) is 0 Å². The van der Waals surface area contributed by atoms with Crippen LogP contribution in [-0.2, 0) is 6.54 Å². The molecule has 0 saturated heterocycles. The van der Waals surface area contributed by atoms with Gasteiger partial charge in [-0.3, -0.25) is 4.79 Å². The van der Waals surface area contributed by atoms with E-state index in [1.54, 1.807) is 29.5 Å². The van der Waals surface area contributed by atoms with Crippen molar-refractivity contribution in [1.82, 2.24) is 0 Å². The van der Waals surface area contributed by atoms with Crippen LogP contribution < -0.4 is 11.1 Å². The second-order valence-corrected chi connectivity index (χ2v) is 7.46. The molecule has 0 aliphatic rings. The lowest BCUT2D eigenvalue weighted by molar-refractivity contribution is 0.100. The Morgan fingerprint density at radius 2 is 2.11 bits per heavy atom. The van der Waals surface area contributed by atoms with Gasteiger partial charge in [0.2, 0.25) is 5.91 Å². The van der Waals surface area contributed by atoms with Crippen molar-refractivity contribution in [3.8, 4) is 0 Å². The molecule has 0 spiro atoms. The van der Waals surface area contributed by atoms with Crippen molar-refractivity contribution in [2.45, 2.75) is 6.54 Å². The number of carbonyl (C=O) groups is 1. The molecule has 0 unspecified atom stereocenters. The summed E-state index contributed by atoms with van der Waals surface area (Å²) in [6, 6.07) is 6.94. The zero-order chi connectivity index (χ0) is 14.0. The highest BCUT2D eigenvalue weighted by Crippen LogP contribution is 2.33. The molecule has 1 amide bonds. The third-order valence-electron chi connectivity index (χ3n) is 2.40. The van der Waals surface area contributed by atoms with Crippen molar-refractivity contribution in [2.75, 3.05) is 5.32 Å². The van der Waals surface area contributed by atoms with Gasteiger partial charge in [0.1, 0.15) is 0 Å². The monoisotopic (exact) mass is 422 g/mol. The fourth-order valence-corrected chi connectivity index (χ4v) is 3.78. The molecule has 3 nitrogen and oxygen atoms in total. The molecule has 0 saturated carbocycles. The molecule has 1 heterocycles. The van der Waals surface area contributed by atoms with Gasteiger partial charge >= 0.3 is 0 Å². The zero-order valence-corrected chi connectivity index (χ0v) is 14.3. The van der Waals surface area contributed by atoms with E-state index < -0.39 is 5.91 Å². The SMILES string of the molecule is NC(=O)c1ccc(Cl)c(NCc2cc(Br)c(Br)s2)c1. The Bertz CT molecular complexity index is 611. The number of primary amides is 1. The Morgan fingerprint density at radius 1 is 1.37 bits per heavy atom. The van der Waals surface area contributed by atoms with Crippen LogP contribution in [0.25, 0.3) is 0 Å². The number of rotatable bonds is 4. The second kappa shape index (κ2) is 6.26. The van der Waals surface area contributed by atoms with Gasteiger partial charge in [-0.15, -0.1) is 11.3 Å². The summed E-state index contributed by atoms with van der Waals surface area (Å²) in [6.07, 6.45) is 0. The summed E-state index contributed by atoms with van der Waals surface area (Å²) in [6.45, 7) is 0.622. The summed E-state index contributed by atoms with van der Waals surface area (Å²) < 4.78 is 2.06. The quantitative estimate of drug-likeness (QED) is 0.751. The molecule has 0 aliphatic carbocycles. The van der Waals surface area contributed by atoms with Crippen LogP contribution in [0.4, 0.5) is 5.69 Å². The average Bonchev–Trinajstić information content (AvgIpc) is 2.67. The third-order valence-corrected chi connectivity index (χ3v) is 5.99. The average molecular weight is 425 g/mol. The Kier molecular flexibility index (Phi) is 4.89. The highest BCUT2D eigenvalue weighted by atomic mass is 79.9. The van der Waals surface area contributed by atoms with Gasteiger partial charge in [0.25, 0.3) is 0 Å². The van der Waals surface area contributed by atoms with Crippen molar-refractivity contribution in [1.29, 1.82) is 0 Å². The maximum Gasteiger partial charge on any atom is 0.248 e. The molecular formula is C12H9Br2ClN2OS. The van der Waals surface area contributed by atoms with Crippen LogP contribution >= 0.6 is 54.8 Å². The molecule has 1 aromatic heterocycles. The molecule has 3 N–H and O–H groups in total. The Morgan fingerprint density at radius 3 is 2.68 bits per heavy atom. The smallest absolute Gasteiger partial charge is 0.248 e. The van der Waals surface area contributed by atoms with E-state index in [2.05, 4.69) is 37.2 Å². The van der Waals surface area contributed by atoms with Gasteiger partial charge in [-0.2, -0.15) is 0 Å². The van der Waals surface area contributed by atoms with Gasteiger partial charge in [0.15, 0.2) is 0 Å². The summed E-state index contributed by atoms with van der Waals surface area (Å²) >= 11 is 14.6. The fraction of sp³-hybridized carbons (Fsp3) is 0.0833. The minimum atomic E-state index is -0.471. The van der Waals surface area contributed by atoms with E-state index in [9.17, 15) is 4.79 Å². The number of nitrogens with one attached hydrogen (secondary N) is 1. The van der Waals surface area contributed by atoms with Crippen molar-refractivity contribution >= 4 is 66.4 Å². The van der Waals surface area contributed by atoms with E-state index >= 15 is 0 Å². The van der Waals surface area contributed by atoms with Gasteiger partial charge in [0, 0.05) is 21.5 Å². The Hall–Kier alpha value is -0.560. The van der Waals surface area contributed by atoms with Gasteiger partial charge in [0.05, 0.1) is 14.5 Å². The summed E-state index contributed by atoms with van der Waals surface area (Å²) in [5.41, 5.74) is 6.37. The van der Waals surface area contributed by atoms with Gasteiger partial charge in [-0.1, -0.05) is 11.6 Å². The minimum Gasteiger partial charge on any atom is -0.379 e. The lowest BCUT2D eigenvalue weighted by Crippen LogP contribution is -2.11. The summed E-state index contributed by atoms with van der Waals surface area (Å²) in [7, 11) is 0. The van der Waals surface area contributed by atoms with E-state index in [0.29, 0.717) is 22.8 Å². The van der Waals surface area contributed by atoms with Crippen LogP contribution in [0, 0.1) is 0 Å². The minimum absolute atomic E-state index is 0.431. The lowest BCUT2D eigenvalue weighted by atomic mass is 10.2. The molecular weight excluding hydrogens is 415 g/mol. The summed E-state index contributed by atoms with van der Waals surface area (Å²) in [5.74, 6) is -0.471. The molecule has 0 atom stereocenters. The summed E-state index contributed by atoms with van der Waals surface area (Å²) in [4.78, 5) is 12.3. The number of anilines is 1. The number of benzene rings is 1. The number of hydrogen-bond donors (Lipinski definition) is 2. The molecule has 0 radical (unpaired) electrons. The molecule has 7 heteroatoms. The number of hydrogen-bond acceptors (Lipinski definition) is 3. The zero-order valence-electron chi connectivity index (χ0n) is 9.54. The van der Waals surface area contributed by atoms with Crippen LogP contribution in [0.2, 0.25) is 5.02 Å². The molecule has 0 bridgehead atoms. The van der Waals surface area contributed by atoms with Crippen molar-refractivity contribution in [3.63, 3.8) is 0 Å². The first-order chi connectivity index (χ1) is 8.97. The first-order valence-corrected chi connectivity index (χ1v) is 8.02. The van der Waals surface area contributed by atoms with Crippen molar-refractivity contribution in [2.24, 2.45) is 5.73 Å². The fourth-order valence-electron chi connectivity index (χ4n) is 1.47. The maximum atomic E-state index is 11.1. The number of halogens is 3. The normalized spacial score (nSPS) is 10.5. The molecule has 2 rings (SSSR count). The third kappa shape index (κ3) is 3.72. The van der Waals surface area contributed by atoms with Crippen LogP contribution in [0.15, 0.2) is 32.5 Å². The van der Waals surface area contributed by atoms with E-state index in [0.717, 1.165) is 13.1 Å². The van der Waals surface area contributed by atoms with Crippen LogP contribution in [0.5, 0.6) is 0 Å². The number of amides is 1. The van der Waals surface area contributed by atoms with Gasteiger partial charge in [-0.05, 0) is 56.1 Å². The predicted molar refractivity (Wildman–Crippen MR) is 87.0 cm³/mol. The maximum absolute atomic E-state index is 11.1. The van der Waals surface area contributed by atoms with Gasteiger partial charge in [-0.25, -0.2) is 0 Å². The number of thiophene rings is 1. The highest BCUT2D eigenvalue weighted by Gasteiger charge is 2.08. The number of nitrogens with two attached hydrogens (primary N) is 1. The highest BCUT2D eigenvalue weighted by molar-refractivity contribution is 9.13. The molecule has 100 valence electrons. The topological polar surface area (TPSA) is 55.1 Å². The predicted octanol–water partition coefficient (Wildman–Crippen LogP) is 4.64. The Labute approximate surface area is 136 Å². The van der Waals surface area contributed by atoms with Gasteiger partial charge < -0.3 is 11.1 Å². The number of carbonyl (C=O) groups excluding carboxylic acids is 1. The second-order valence-electron chi connectivity index (χ2n) is 3.75. The lowest BCUT2D eigenvalue weighted by Gasteiger charge is -2.08. The first kappa shape index (κ1) is 14.8. The molecule has 1 aromatic carbocycles. The van der Waals surface area contributed by atoms with Crippen molar-refractivity contribution in [3.05, 3.63) is 48.0 Å². The van der Waals surface area contributed by atoms with Crippen LogP contribution in [0.3, 0.4) is 0 Å². The molecule has 2 aromatic rings. The molecule has 0 aliphatic heterocycles. The van der Waals surface area contributed by atoms with E-state index in [4.69, 9.17) is 17.3 Å². The van der Waals surface area contributed by atoms with E-state index in [1.165, 1.54) is 0 Å².